The van der Waals surface area contributed by atoms with Crippen LogP contribution in [0.3, 0.4) is 0 Å². The van der Waals surface area contributed by atoms with E-state index in [1.54, 1.807) is 12.4 Å². The predicted octanol–water partition coefficient (Wildman–Crippen LogP) is 2.43. The highest BCUT2D eigenvalue weighted by atomic mass is 32.1. The average molecular weight is 266 g/mol. The molecule has 18 heavy (non-hydrogen) atoms. The number of nitrogens with zero attached hydrogens (tertiary/aromatic N) is 2. The summed E-state index contributed by atoms with van der Waals surface area (Å²) in [4.78, 5) is 30.4. The Balaban J connectivity index is 2.16. The van der Waals surface area contributed by atoms with Crippen LogP contribution in [-0.4, -0.2) is 34.2 Å². The summed E-state index contributed by atoms with van der Waals surface area (Å²) in [5.41, 5.74) is 2.49. The van der Waals surface area contributed by atoms with Crippen molar-refractivity contribution in [3.8, 4) is 0 Å². The number of Topliss-reactive ketones (excluding diaryl/α,β-unsaturated/α-hetero) is 1. The maximum Gasteiger partial charge on any atom is 0.266 e. The Morgan fingerprint density at radius 3 is 2.89 bits per heavy atom. The van der Waals surface area contributed by atoms with E-state index in [9.17, 15) is 9.59 Å². The fraction of sp³-hybridized carbons (Fsp3) is 0.615. The van der Waals surface area contributed by atoms with Crippen LogP contribution >= 0.6 is 11.3 Å². The number of thiazole rings is 1. The number of piperidine rings is 1. The van der Waals surface area contributed by atoms with Crippen LogP contribution in [0, 0.1) is 6.92 Å². The summed E-state index contributed by atoms with van der Waals surface area (Å²) in [6.45, 7) is 4.21. The van der Waals surface area contributed by atoms with Crippen LogP contribution in [0.15, 0.2) is 5.51 Å². The summed E-state index contributed by atoms with van der Waals surface area (Å²) in [6.07, 6.45) is 3.54. The molecule has 0 spiro atoms. The Hall–Kier alpha value is -1.23. The molecule has 1 aromatic rings. The molecule has 0 radical (unpaired) electrons. The third-order valence-electron chi connectivity index (χ3n) is 3.35. The number of aromatic nitrogens is 1. The molecule has 0 aliphatic carbocycles. The van der Waals surface area contributed by atoms with Gasteiger partial charge in [0.25, 0.3) is 5.91 Å². The van der Waals surface area contributed by atoms with Gasteiger partial charge in [0.1, 0.15) is 10.7 Å². The molecule has 1 saturated heterocycles. The molecule has 1 unspecified atom stereocenters. The van der Waals surface area contributed by atoms with Gasteiger partial charge in [-0.1, -0.05) is 0 Å². The number of likely N-dealkylation sites (tertiary alicyclic amines) is 1. The molecule has 0 aromatic carbocycles. The number of hydrogen-bond acceptors (Lipinski definition) is 4. The third kappa shape index (κ3) is 2.77. The summed E-state index contributed by atoms with van der Waals surface area (Å²) in [7, 11) is 0. The highest BCUT2D eigenvalue weighted by Gasteiger charge is 2.29. The first kappa shape index (κ1) is 13.2. The smallest absolute Gasteiger partial charge is 0.266 e. The van der Waals surface area contributed by atoms with Gasteiger partial charge in [0, 0.05) is 19.0 Å². The van der Waals surface area contributed by atoms with E-state index in [1.807, 2.05) is 11.8 Å². The van der Waals surface area contributed by atoms with E-state index in [1.165, 1.54) is 11.3 Å². The molecule has 5 heteroatoms. The number of hydrogen-bond donors (Lipinski definition) is 0. The van der Waals surface area contributed by atoms with Gasteiger partial charge in [-0.25, -0.2) is 4.98 Å². The number of aryl methyl sites for hydroxylation is 1. The predicted molar refractivity (Wildman–Crippen MR) is 70.8 cm³/mol. The SMILES string of the molecule is CC(=O)CC1CCCCN1C(=O)c1scnc1C. The molecule has 1 fully saturated rings. The summed E-state index contributed by atoms with van der Waals surface area (Å²) in [5.74, 6) is 0.196. The fourth-order valence-corrected chi connectivity index (χ4v) is 3.21. The van der Waals surface area contributed by atoms with Crippen molar-refractivity contribution < 1.29 is 9.59 Å². The molecular weight excluding hydrogens is 248 g/mol. The molecule has 0 bridgehead atoms. The lowest BCUT2D eigenvalue weighted by molar-refractivity contribution is -0.118. The molecule has 0 N–H and O–H groups in total. The summed E-state index contributed by atoms with van der Waals surface area (Å²) in [6, 6.07) is 0.0743. The maximum absolute atomic E-state index is 12.5. The van der Waals surface area contributed by atoms with Crippen LogP contribution in [-0.2, 0) is 4.79 Å². The van der Waals surface area contributed by atoms with E-state index in [2.05, 4.69) is 4.98 Å². The van der Waals surface area contributed by atoms with Crippen molar-refractivity contribution in [1.29, 1.82) is 0 Å². The number of rotatable bonds is 3. The molecule has 0 saturated carbocycles. The van der Waals surface area contributed by atoms with Gasteiger partial charge >= 0.3 is 0 Å². The van der Waals surface area contributed by atoms with Crippen molar-refractivity contribution in [2.24, 2.45) is 0 Å². The summed E-state index contributed by atoms with van der Waals surface area (Å²) >= 11 is 1.38. The molecule has 1 aliphatic heterocycles. The molecular formula is C13H18N2O2S. The Kier molecular flexibility index (Phi) is 4.11. The number of carbonyl (C=O) groups excluding carboxylic acids is 2. The maximum atomic E-state index is 12.5. The van der Waals surface area contributed by atoms with Gasteiger partial charge in [0.05, 0.1) is 11.2 Å². The quantitative estimate of drug-likeness (QED) is 0.844. The molecule has 1 aromatic heterocycles. The zero-order chi connectivity index (χ0) is 13.1. The lowest BCUT2D eigenvalue weighted by atomic mass is 9.97. The molecule has 1 atom stereocenters. The van der Waals surface area contributed by atoms with E-state index < -0.39 is 0 Å². The summed E-state index contributed by atoms with van der Waals surface area (Å²) < 4.78 is 0. The van der Waals surface area contributed by atoms with E-state index in [0.717, 1.165) is 31.5 Å². The number of amides is 1. The van der Waals surface area contributed by atoms with Gasteiger partial charge in [0.15, 0.2) is 0 Å². The van der Waals surface area contributed by atoms with Crippen LogP contribution in [0.2, 0.25) is 0 Å². The highest BCUT2D eigenvalue weighted by molar-refractivity contribution is 7.11. The minimum atomic E-state index is 0.0425. The number of ketones is 1. The van der Waals surface area contributed by atoms with Crippen LogP contribution in [0.25, 0.3) is 0 Å². The second-order valence-electron chi connectivity index (χ2n) is 4.82. The lowest BCUT2D eigenvalue weighted by Crippen LogP contribution is -2.44. The Morgan fingerprint density at radius 2 is 2.28 bits per heavy atom. The van der Waals surface area contributed by atoms with E-state index in [0.29, 0.717) is 11.3 Å². The van der Waals surface area contributed by atoms with Crippen molar-refractivity contribution in [3.63, 3.8) is 0 Å². The van der Waals surface area contributed by atoms with Crippen LogP contribution in [0.5, 0.6) is 0 Å². The van der Waals surface area contributed by atoms with E-state index in [4.69, 9.17) is 0 Å². The second kappa shape index (κ2) is 5.61. The molecule has 2 heterocycles. The van der Waals surface area contributed by atoms with Crippen molar-refractivity contribution >= 4 is 23.0 Å². The van der Waals surface area contributed by atoms with Gasteiger partial charge in [-0.05, 0) is 33.1 Å². The normalized spacial score (nSPS) is 19.9. The molecule has 4 nitrogen and oxygen atoms in total. The fourth-order valence-electron chi connectivity index (χ4n) is 2.45. The van der Waals surface area contributed by atoms with Crippen LogP contribution in [0.4, 0.5) is 0 Å². The third-order valence-corrected chi connectivity index (χ3v) is 4.27. The minimum absolute atomic E-state index is 0.0425. The minimum Gasteiger partial charge on any atom is -0.334 e. The monoisotopic (exact) mass is 266 g/mol. The van der Waals surface area contributed by atoms with Gasteiger partial charge in [-0.3, -0.25) is 9.59 Å². The largest absolute Gasteiger partial charge is 0.334 e. The Labute approximate surface area is 111 Å². The Morgan fingerprint density at radius 1 is 1.50 bits per heavy atom. The molecule has 2 rings (SSSR count). The zero-order valence-electron chi connectivity index (χ0n) is 10.8. The van der Waals surface area contributed by atoms with Gasteiger partial charge in [-0.2, -0.15) is 0 Å². The highest BCUT2D eigenvalue weighted by Crippen LogP contribution is 2.24. The molecule has 1 amide bonds. The lowest BCUT2D eigenvalue weighted by Gasteiger charge is -2.35. The van der Waals surface area contributed by atoms with Gasteiger partial charge < -0.3 is 4.90 Å². The van der Waals surface area contributed by atoms with Crippen molar-refractivity contribution in [2.45, 2.75) is 45.6 Å². The average Bonchev–Trinajstić information content (AvgIpc) is 2.74. The van der Waals surface area contributed by atoms with Crippen LogP contribution in [0.1, 0.15) is 48.0 Å². The van der Waals surface area contributed by atoms with E-state index >= 15 is 0 Å². The van der Waals surface area contributed by atoms with Gasteiger partial charge in [0.2, 0.25) is 0 Å². The first-order valence-electron chi connectivity index (χ1n) is 6.30. The van der Waals surface area contributed by atoms with Crippen molar-refractivity contribution in [1.82, 2.24) is 9.88 Å². The zero-order valence-corrected chi connectivity index (χ0v) is 11.6. The topological polar surface area (TPSA) is 50.3 Å². The standard InChI is InChI=1S/C13H18N2O2S/c1-9(16)7-11-5-3-4-6-15(11)13(17)12-10(2)14-8-18-12/h8,11H,3-7H2,1-2H3. The molecule has 1 aliphatic rings. The Bertz CT molecular complexity index is 456. The summed E-state index contributed by atoms with van der Waals surface area (Å²) in [5, 5.41) is 0. The molecule has 98 valence electrons. The van der Waals surface area contributed by atoms with Crippen molar-refractivity contribution in [3.05, 3.63) is 16.1 Å². The first-order chi connectivity index (χ1) is 8.59. The number of carbonyl (C=O) groups is 2. The van der Waals surface area contributed by atoms with Crippen molar-refractivity contribution in [2.75, 3.05) is 6.54 Å². The van der Waals surface area contributed by atoms with Gasteiger partial charge in [-0.15, -0.1) is 11.3 Å². The first-order valence-corrected chi connectivity index (χ1v) is 7.18. The van der Waals surface area contributed by atoms with E-state index in [-0.39, 0.29) is 17.7 Å². The van der Waals surface area contributed by atoms with Crippen LogP contribution < -0.4 is 0 Å². The second-order valence-corrected chi connectivity index (χ2v) is 5.68.